The maximum Gasteiger partial charge on any atom is 0.122 e. The smallest absolute Gasteiger partial charge is 0.122 e. The van der Waals surface area contributed by atoms with Crippen LogP contribution >= 0.6 is 0 Å². The van der Waals surface area contributed by atoms with E-state index in [1.807, 2.05) is 31.2 Å². The van der Waals surface area contributed by atoms with Gasteiger partial charge in [0.2, 0.25) is 0 Å². The minimum Gasteiger partial charge on any atom is -0.491 e. The molecule has 0 saturated carbocycles. The van der Waals surface area contributed by atoms with Gasteiger partial charge in [-0.15, -0.1) is 0 Å². The highest BCUT2D eigenvalue weighted by Gasteiger charge is 2.14. The van der Waals surface area contributed by atoms with E-state index in [0.717, 1.165) is 30.9 Å². The van der Waals surface area contributed by atoms with Crippen LogP contribution in [0.4, 0.5) is 0 Å². The van der Waals surface area contributed by atoms with Crippen molar-refractivity contribution >= 4 is 0 Å². The van der Waals surface area contributed by atoms with E-state index in [9.17, 15) is 5.11 Å². The van der Waals surface area contributed by atoms with Crippen LogP contribution in [0.2, 0.25) is 0 Å². The van der Waals surface area contributed by atoms with Crippen LogP contribution in [0.3, 0.4) is 0 Å². The minimum atomic E-state index is -0.502. The van der Waals surface area contributed by atoms with Crippen molar-refractivity contribution in [3.8, 4) is 5.75 Å². The maximum absolute atomic E-state index is 9.90. The van der Waals surface area contributed by atoms with Crippen LogP contribution in [0.25, 0.3) is 0 Å². The van der Waals surface area contributed by atoms with Gasteiger partial charge in [-0.1, -0.05) is 18.2 Å². The number of nitrogens with one attached hydrogen (secondary N) is 1. The summed E-state index contributed by atoms with van der Waals surface area (Å²) in [4.78, 5) is 0. The summed E-state index contributed by atoms with van der Waals surface area (Å²) in [6.45, 7) is 4.52. The van der Waals surface area contributed by atoms with Crippen LogP contribution in [0.15, 0.2) is 24.3 Å². The molecule has 1 aromatic rings. The van der Waals surface area contributed by atoms with Gasteiger partial charge in [0.15, 0.2) is 0 Å². The molecule has 0 aliphatic carbocycles. The van der Waals surface area contributed by atoms with Gasteiger partial charge < -0.3 is 19.9 Å². The fourth-order valence-corrected chi connectivity index (χ4v) is 2.34. The van der Waals surface area contributed by atoms with Gasteiger partial charge in [0.05, 0.1) is 6.10 Å². The van der Waals surface area contributed by atoms with Gasteiger partial charge >= 0.3 is 0 Å². The summed E-state index contributed by atoms with van der Waals surface area (Å²) in [5.41, 5.74) is 1.09. The number of ether oxygens (including phenoxy) is 2. The van der Waals surface area contributed by atoms with Crippen LogP contribution in [-0.4, -0.2) is 43.6 Å². The molecule has 2 rings (SSSR count). The first-order chi connectivity index (χ1) is 9.75. The first kappa shape index (κ1) is 15.3. The Morgan fingerprint density at radius 2 is 2.25 bits per heavy atom. The monoisotopic (exact) mass is 279 g/mol. The van der Waals surface area contributed by atoms with Crippen molar-refractivity contribution in [2.45, 2.75) is 38.4 Å². The van der Waals surface area contributed by atoms with Crippen molar-refractivity contribution < 1.29 is 14.6 Å². The molecule has 0 amide bonds. The molecule has 1 aliphatic rings. The highest BCUT2D eigenvalue weighted by atomic mass is 16.5. The Hall–Kier alpha value is -1.10. The second kappa shape index (κ2) is 8.25. The summed E-state index contributed by atoms with van der Waals surface area (Å²) in [6.07, 6.45) is 3.32. The van der Waals surface area contributed by atoms with Crippen molar-refractivity contribution in [2.24, 2.45) is 0 Å². The predicted octanol–water partition coefficient (Wildman–Crippen LogP) is 1.89. The maximum atomic E-state index is 9.90. The second-order valence-electron chi connectivity index (χ2n) is 5.38. The summed E-state index contributed by atoms with van der Waals surface area (Å²) in [5.74, 6) is 0.835. The zero-order chi connectivity index (χ0) is 14.2. The third-order valence-electron chi connectivity index (χ3n) is 3.55. The molecule has 1 heterocycles. The number of rotatable bonds is 7. The molecule has 0 aromatic heterocycles. The highest BCUT2D eigenvalue weighted by Crippen LogP contribution is 2.16. The number of benzene rings is 1. The molecule has 1 saturated heterocycles. The van der Waals surface area contributed by atoms with Crippen molar-refractivity contribution in [1.82, 2.24) is 5.32 Å². The van der Waals surface area contributed by atoms with E-state index in [-0.39, 0.29) is 0 Å². The number of para-hydroxylation sites is 1. The lowest BCUT2D eigenvalue weighted by Gasteiger charge is -2.23. The van der Waals surface area contributed by atoms with Crippen LogP contribution in [0.1, 0.15) is 24.8 Å². The molecule has 2 unspecified atom stereocenters. The molecule has 2 N–H and O–H groups in total. The summed E-state index contributed by atoms with van der Waals surface area (Å²) >= 11 is 0. The lowest BCUT2D eigenvalue weighted by molar-refractivity contribution is 0.0141. The standard InChI is InChI=1S/C16H25NO3/c1-13-6-2-3-8-16(13)20-12-14(18)10-17-11-15-7-4-5-9-19-15/h2-3,6,8,14-15,17-18H,4-5,7,9-12H2,1H3. The van der Waals surface area contributed by atoms with Gasteiger partial charge in [-0.3, -0.25) is 0 Å². The average molecular weight is 279 g/mol. The topological polar surface area (TPSA) is 50.7 Å². The van der Waals surface area contributed by atoms with E-state index < -0.39 is 6.10 Å². The van der Waals surface area contributed by atoms with Crippen LogP contribution in [0, 0.1) is 6.92 Å². The molecule has 1 fully saturated rings. The third-order valence-corrected chi connectivity index (χ3v) is 3.55. The zero-order valence-electron chi connectivity index (χ0n) is 12.2. The van der Waals surface area contributed by atoms with Crippen LogP contribution in [-0.2, 0) is 4.74 Å². The predicted molar refractivity (Wildman–Crippen MR) is 79.1 cm³/mol. The van der Waals surface area contributed by atoms with E-state index in [0.29, 0.717) is 19.3 Å². The Balaban J connectivity index is 1.60. The number of aryl methyl sites for hydroxylation is 1. The van der Waals surface area contributed by atoms with Crippen LogP contribution < -0.4 is 10.1 Å². The molecular weight excluding hydrogens is 254 g/mol. The molecule has 4 nitrogen and oxygen atoms in total. The first-order valence-corrected chi connectivity index (χ1v) is 7.44. The second-order valence-corrected chi connectivity index (χ2v) is 5.38. The molecule has 0 bridgehead atoms. The SMILES string of the molecule is Cc1ccccc1OCC(O)CNCC1CCCCO1. The molecule has 1 aliphatic heterocycles. The molecule has 4 heteroatoms. The van der Waals surface area contributed by atoms with Crippen molar-refractivity contribution in [3.05, 3.63) is 29.8 Å². The minimum absolute atomic E-state index is 0.299. The fourth-order valence-electron chi connectivity index (χ4n) is 2.34. The molecule has 2 atom stereocenters. The largest absolute Gasteiger partial charge is 0.491 e. The fraction of sp³-hybridized carbons (Fsp3) is 0.625. The number of aliphatic hydroxyl groups excluding tert-OH is 1. The van der Waals surface area contributed by atoms with Gasteiger partial charge in [0.25, 0.3) is 0 Å². The molecule has 1 aromatic carbocycles. The Bertz CT molecular complexity index is 391. The highest BCUT2D eigenvalue weighted by molar-refractivity contribution is 5.31. The van der Waals surface area contributed by atoms with Crippen molar-refractivity contribution in [1.29, 1.82) is 0 Å². The van der Waals surface area contributed by atoms with E-state index in [1.54, 1.807) is 0 Å². The first-order valence-electron chi connectivity index (χ1n) is 7.44. The molecule has 0 radical (unpaired) electrons. The molecular formula is C16H25NO3. The van der Waals surface area contributed by atoms with E-state index in [2.05, 4.69) is 5.32 Å². The molecule has 0 spiro atoms. The van der Waals surface area contributed by atoms with E-state index in [4.69, 9.17) is 9.47 Å². The van der Waals surface area contributed by atoms with Crippen molar-refractivity contribution in [3.63, 3.8) is 0 Å². The third kappa shape index (κ3) is 5.12. The van der Waals surface area contributed by atoms with Gasteiger partial charge in [0.1, 0.15) is 18.5 Å². The Morgan fingerprint density at radius 1 is 1.40 bits per heavy atom. The Labute approximate surface area is 121 Å². The average Bonchev–Trinajstić information content (AvgIpc) is 2.47. The van der Waals surface area contributed by atoms with Gasteiger partial charge in [-0.25, -0.2) is 0 Å². The summed E-state index contributed by atoms with van der Waals surface area (Å²) in [6, 6.07) is 7.84. The van der Waals surface area contributed by atoms with Gasteiger partial charge in [-0.05, 0) is 37.8 Å². The van der Waals surface area contributed by atoms with Gasteiger partial charge in [-0.2, -0.15) is 0 Å². The molecule has 112 valence electrons. The van der Waals surface area contributed by atoms with E-state index in [1.165, 1.54) is 12.8 Å². The normalized spacial score (nSPS) is 20.6. The zero-order valence-corrected chi connectivity index (χ0v) is 12.2. The lowest BCUT2D eigenvalue weighted by atomic mass is 10.1. The lowest BCUT2D eigenvalue weighted by Crippen LogP contribution is -2.37. The number of hydrogen-bond acceptors (Lipinski definition) is 4. The summed E-state index contributed by atoms with van der Waals surface area (Å²) in [5, 5.41) is 13.2. The Morgan fingerprint density at radius 3 is 3.00 bits per heavy atom. The molecule has 20 heavy (non-hydrogen) atoms. The van der Waals surface area contributed by atoms with Crippen LogP contribution in [0.5, 0.6) is 5.75 Å². The van der Waals surface area contributed by atoms with Crippen molar-refractivity contribution in [2.75, 3.05) is 26.3 Å². The summed E-state index contributed by atoms with van der Waals surface area (Å²) in [7, 11) is 0. The summed E-state index contributed by atoms with van der Waals surface area (Å²) < 4.78 is 11.2. The quantitative estimate of drug-likeness (QED) is 0.800. The van der Waals surface area contributed by atoms with E-state index >= 15 is 0 Å². The van der Waals surface area contributed by atoms with Gasteiger partial charge in [0, 0.05) is 19.7 Å². The Kier molecular flexibility index (Phi) is 6.30. The number of aliphatic hydroxyl groups is 1. The number of hydrogen-bond donors (Lipinski definition) is 2.